The molecular formula is C40H55N. The summed E-state index contributed by atoms with van der Waals surface area (Å²) in [5.74, 6) is 0. The molecule has 2 aliphatic rings. The molecule has 2 rings (SSSR count). The molecule has 0 aromatic heterocycles. The molecule has 1 nitrogen and oxygen atoms in total. The highest BCUT2D eigenvalue weighted by atomic mass is 14.7. The molecule has 0 saturated carbocycles. The second-order valence-corrected chi connectivity index (χ2v) is 13.2. The van der Waals surface area contributed by atoms with Crippen LogP contribution in [0.15, 0.2) is 135 Å². The Hall–Kier alpha value is -3.19. The van der Waals surface area contributed by atoms with Gasteiger partial charge in [0.15, 0.2) is 0 Å². The first-order valence-electron chi connectivity index (χ1n) is 15.3. The zero-order valence-electron chi connectivity index (χ0n) is 27.5. The number of rotatable bonds is 11. The Morgan fingerprint density at radius 3 is 1.61 bits per heavy atom. The van der Waals surface area contributed by atoms with Gasteiger partial charge in [-0.05, 0) is 118 Å². The lowest BCUT2D eigenvalue weighted by molar-refractivity contribution is 0.376. The van der Waals surface area contributed by atoms with Gasteiger partial charge < -0.3 is 0 Å². The van der Waals surface area contributed by atoms with Crippen LogP contribution in [0.25, 0.3) is 0 Å². The molecule has 0 spiro atoms. The molecule has 0 bridgehead atoms. The maximum absolute atomic E-state index is 4.37. The number of aliphatic imine (C=N–C) groups is 1. The molecule has 0 aromatic carbocycles. The van der Waals surface area contributed by atoms with Crippen LogP contribution in [0.4, 0.5) is 0 Å². The molecule has 0 radical (unpaired) electrons. The van der Waals surface area contributed by atoms with Crippen molar-refractivity contribution < 1.29 is 0 Å². The lowest BCUT2D eigenvalue weighted by Crippen LogP contribution is -2.19. The molecule has 0 saturated heterocycles. The predicted molar refractivity (Wildman–Crippen MR) is 185 cm³/mol. The predicted octanol–water partition coefficient (Wildman–Crippen LogP) is 12.2. The summed E-state index contributed by atoms with van der Waals surface area (Å²) in [6.07, 6.45) is 36.8. The molecule has 0 N–H and O–H groups in total. The van der Waals surface area contributed by atoms with E-state index in [4.69, 9.17) is 0 Å². The smallest absolute Gasteiger partial charge is 0.0273 e. The van der Waals surface area contributed by atoms with E-state index in [0.29, 0.717) is 0 Å². The molecule has 0 aliphatic heterocycles. The largest absolute Gasteiger partial charge is 0.265 e. The van der Waals surface area contributed by atoms with Crippen LogP contribution < -0.4 is 0 Å². The molecular weight excluding hydrogens is 494 g/mol. The van der Waals surface area contributed by atoms with Gasteiger partial charge in [-0.1, -0.05) is 117 Å². The van der Waals surface area contributed by atoms with Crippen LogP contribution in [0.5, 0.6) is 0 Å². The lowest BCUT2D eigenvalue weighted by atomic mass is 9.72. The van der Waals surface area contributed by atoms with Crippen molar-refractivity contribution in [1.82, 2.24) is 0 Å². The van der Waals surface area contributed by atoms with Gasteiger partial charge in [0.05, 0.1) is 0 Å². The number of nitrogens with zero attached hydrogens (tertiary/aromatic N) is 1. The van der Waals surface area contributed by atoms with Crippen molar-refractivity contribution in [2.24, 2.45) is 15.8 Å². The van der Waals surface area contributed by atoms with Gasteiger partial charge in [0, 0.05) is 12.4 Å². The molecule has 2 aliphatic carbocycles. The molecule has 0 aromatic rings. The minimum Gasteiger partial charge on any atom is -0.265 e. The monoisotopic (exact) mass is 549 g/mol. The van der Waals surface area contributed by atoms with Crippen LogP contribution in [-0.2, 0) is 0 Å². The Morgan fingerprint density at radius 2 is 1.12 bits per heavy atom. The highest BCUT2D eigenvalue weighted by Gasteiger charge is 2.27. The van der Waals surface area contributed by atoms with Crippen molar-refractivity contribution in [3.8, 4) is 0 Å². The Bertz CT molecular complexity index is 1270. The van der Waals surface area contributed by atoms with Crippen LogP contribution >= 0.6 is 0 Å². The van der Waals surface area contributed by atoms with E-state index >= 15 is 0 Å². The second kappa shape index (κ2) is 16.3. The van der Waals surface area contributed by atoms with Gasteiger partial charge in [-0.15, -0.1) is 0 Å². The van der Waals surface area contributed by atoms with Crippen molar-refractivity contribution in [3.05, 3.63) is 130 Å². The third-order valence-electron chi connectivity index (χ3n) is 8.30. The van der Waals surface area contributed by atoms with E-state index in [2.05, 4.69) is 129 Å². The summed E-state index contributed by atoms with van der Waals surface area (Å²) < 4.78 is 0. The Labute approximate surface area is 252 Å². The average molecular weight is 550 g/mol. The van der Waals surface area contributed by atoms with E-state index < -0.39 is 0 Å². The van der Waals surface area contributed by atoms with E-state index in [-0.39, 0.29) is 10.8 Å². The van der Waals surface area contributed by atoms with E-state index in [0.717, 1.165) is 11.1 Å². The first-order valence-corrected chi connectivity index (χ1v) is 15.3. The van der Waals surface area contributed by atoms with Crippen molar-refractivity contribution in [3.63, 3.8) is 0 Å². The minimum absolute atomic E-state index is 0.273. The maximum atomic E-state index is 4.37. The standard InChI is InChI=1S/C40H55N/c1-31(21-23-37-35(5)19-13-27-39(37,7)8)15-11-17-33(3)25-29-41-30-26-34(4)18-12-16-32(2)22-24-38-36(6)20-14-28-40(38,9)10/h11-12,15-18,21-26,29-30H,3,13-14,19-20,27-28H2,1-2,4-10H3/b17-11+,18-12+,23-21+,24-22+,29-25-,31-15+,32-16+,34-26+,41-30+. The van der Waals surface area contributed by atoms with Gasteiger partial charge in [0.25, 0.3) is 0 Å². The number of allylic oxidation sites excluding steroid dienone is 20. The first-order chi connectivity index (χ1) is 19.3. The van der Waals surface area contributed by atoms with Crippen molar-refractivity contribution in [1.29, 1.82) is 0 Å². The molecule has 0 unspecified atom stereocenters. The fourth-order valence-electron chi connectivity index (χ4n) is 5.70. The highest BCUT2D eigenvalue weighted by Crippen LogP contribution is 2.41. The zero-order valence-corrected chi connectivity index (χ0v) is 27.5. The van der Waals surface area contributed by atoms with E-state index in [9.17, 15) is 0 Å². The maximum Gasteiger partial charge on any atom is 0.0273 e. The summed E-state index contributed by atoms with van der Waals surface area (Å²) in [4.78, 5) is 4.37. The fourth-order valence-corrected chi connectivity index (χ4v) is 5.70. The van der Waals surface area contributed by atoms with Crippen molar-refractivity contribution in [2.45, 2.75) is 101 Å². The van der Waals surface area contributed by atoms with Crippen LogP contribution in [-0.4, -0.2) is 6.21 Å². The second-order valence-electron chi connectivity index (χ2n) is 13.2. The normalized spacial score (nSPS) is 21.3. The van der Waals surface area contributed by atoms with Crippen LogP contribution in [0.1, 0.15) is 101 Å². The van der Waals surface area contributed by atoms with Gasteiger partial charge in [-0.2, -0.15) is 0 Å². The molecule has 0 atom stereocenters. The number of hydrogen-bond donors (Lipinski definition) is 0. The Kier molecular flexibility index (Phi) is 13.5. The van der Waals surface area contributed by atoms with E-state index in [1.54, 1.807) is 6.20 Å². The minimum atomic E-state index is 0.273. The third-order valence-corrected chi connectivity index (χ3v) is 8.30. The van der Waals surface area contributed by atoms with Crippen LogP contribution in [0.3, 0.4) is 0 Å². The summed E-state index contributed by atoms with van der Waals surface area (Å²) in [5.41, 5.74) is 11.2. The summed E-state index contributed by atoms with van der Waals surface area (Å²) in [6.45, 7) is 24.5. The zero-order chi connectivity index (χ0) is 30.5. The fraction of sp³-hybridized carbons (Fsp3) is 0.425. The summed E-state index contributed by atoms with van der Waals surface area (Å²) in [7, 11) is 0. The number of hydrogen-bond acceptors (Lipinski definition) is 1. The molecule has 220 valence electrons. The van der Waals surface area contributed by atoms with Gasteiger partial charge in [0.2, 0.25) is 0 Å². The van der Waals surface area contributed by atoms with Gasteiger partial charge in [0.1, 0.15) is 0 Å². The van der Waals surface area contributed by atoms with Gasteiger partial charge >= 0.3 is 0 Å². The summed E-state index contributed by atoms with van der Waals surface area (Å²) in [6, 6.07) is 0. The Morgan fingerprint density at radius 1 is 0.659 bits per heavy atom. The summed E-state index contributed by atoms with van der Waals surface area (Å²) in [5, 5.41) is 0. The van der Waals surface area contributed by atoms with Crippen molar-refractivity contribution >= 4 is 6.21 Å². The van der Waals surface area contributed by atoms with E-state index in [1.807, 2.05) is 24.4 Å². The van der Waals surface area contributed by atoms with Crippen molar-refractivity contribution in [2.75, 3.05) is 0 Å². The molecule has 1 heteroatoms. The molecule has 41 heavy (non-hydrogen) atoms. The summed E-state index contributed by atoms with van der Waals surface area (Å²) >= 11 is 0. The van der Waals surface area contributed by atoms with Gasteiger partial charge in [-0.3, -0.25) is 4.99 Å². The first kappa shape index (κ1) is 34.0. The molecule has 0 amide bonds. The molecule has 0 fully saturated rings. The third kappa shape index (κ3) is 12.1. The van der Waals surface area contributed by atoms with Gasteiger partial charge in [-0.25, -0.2) is 0 Å². The Balaban J connectivity index is 1.84. The van der Waals surface area contributed by atoms with Crippen LogP contribution in [0, 0.1) is 10.8 Å². The van der Waals surface area contributed by atoms with E-state index in [1.165, 1.54) is 72.0 Å². The quantitative estimate of drug-likeness (QED) is 0.179. The molecule has 0 heterocycles. The average Bonchev–Trinajstić information content (AvgIpc) is 2.87. The SMILES string of the molecule is C=C(\C=C/N=C/C=C(C)/C=C/C=C(C)/C=C/C1=C(C)CCCC1(C)C)/C=C/C=C(C)/C=C/C1=C(C)CCCC1(C)C. The topological polar surface area (TPSA) is 12.4 Å². The van der Waals surface area contributed by atoms with Crippen LogP contribution in [0.2, 0.25) is 0 Å². The highest BCUT2D eigenvalue weighted by molar-refractivity contribution is 5.73. The lowest BCUT2D eigenvalue weighted by Gasteiger charge is -2.33.